The molecule has 0 bridgehead atoms. The summed E-state index contributed by atoms with van der Waals surface area (Å²) < 4.78 is 0. The quantitative estimate of drug-likeness (QED) is 0.864. The van der Waals surface area contributed by atoms with Crippen molar-refractivity contribution in [2.75, 3.05) is 19.6 Å². The number of nitrogens with zero attached hydrogens (tertiary/aromatic N) is 1. The van der Waals surface area contributed by atoms with Gasteiger partial charge in [0.05, 0.1) is 0 Å². The molecule has 4 rings (SSSR count). The standard InChI is InChI=1S/C24H30N2O/c27-24(23-13-12-21-10-4-5-11-22(21)15-23)25-16-20-9-6-14-26(18-20)17-19-7-2-1-3-8-19/h1-3,7-8,12-13,15,20H,4-6,9-11,14,16-18H2,(H,25,27). The van der Waals surface area contributed by atoms with Gasteiger partial charge in [0.15, 0.2) is 0 Å². The fourth-order valence-corrected chi connectivity index (χ4v) is 4.52. The number of hydrogen-bond acceptors (Lipinski definition) is 2. The maximum Gasteiger partial charge on any atom is 0.251 e. The highest BCUT2D eigenvalue weighted by Crippen LogP contribution is 2.22. The first-order valence-corrected chi connectivity index (χ1v) is 10.4. The van der Waals surface area contributed by atoms with Crippen molar-refractivity contribution >= 4 is 5.91 Å². The van der Waals surface area contributed by atoms with Gasteiger partial charge < -0.3 is 5.32 Å². The van der Waals surface area contributed by atoms with Gasteiger partial charge in [-0.25, -0.2) is 0 Å². The van der Waals surface area contributed by atoms with Gasteiger partial charge in [0.2, 0.25) is 0 Å². The lowest BCUT2D eigenvalue weighted by atomic mass is 9.90. The summed E-state index contributed by atoms with van der Waals surface area (Å²) in [7, 11) is 0. The molecule has 1 N–H and O–H groups in total. The van der Waals surface area contributed by atoms with E-state index in [0.717, 1.165) is 44.6 Å². The summed E-state index contributed by atoms with van der Waals surface area (Å²) in [5, 5.41) is 3.19. The van der Waals surface area contributed by atoms with Crippen LogP contribution in [0.5, 0.6) is 0 Å². The van der Waals surface area contributed by atoms with Crippen LogP contribution in [-0.2, 0) is 19.4 Å². The highest BCUT2D eigenvalue weighted by Gasteiger charge is 2.21. The number of carbonyl (C=O) groups excluding carboxylic acids is 1. The van der Waals surface area contributed by atoms with Gasteiger partial charge in [-0.05, 0) is 79.8 Å². The van der Waals surface area contributed by atoms with E-state index in [1.807, 2.05) is 6.07 Å². The lowest BCUT2D eigenvalue weighted by molar-refractivity contribution is 0.0930. The minimum Gasteiger partial charge on any atom is -0.352 e. The highest BCUT2D eigenvalue weighted by molar-refractivity contribution is 5.94. The van der Waals surface area contributed by atoms with E-state index in [0.29, 0.717) is 5.92 Å². The number of rotatable bonds is 5. The molecule has 0 saturated carbocycles. The number of amides is 1. The molecule has 142 valence electrons. The number of nitrogens with one attached hydrogen (secondary N) is 1. The van der Waals surface area contributed by atoms with Gasteiger partial charge in [-0.2, -0.15) is 0 Å². The summed E-state index contributed by atoms with van der Waals surface area (Å²) in [5.41, 5.74) is 5.01. The van der Waals surface area contributed by atoms with Crippen molar-refractivity contribution in [3.8, 4) is 0 Å². The SMILES string of the molecule is O=C(NCC1CCCN(Cc2ccccc2)C1)c1ccc2c(c1)CCCC2. The van der Waals surface area contributed by atoms with Crippen LogP contribution >= 0.6 is 0 Å². The van der Waals surface area contributed by atoms with Crippen molar-refractivity contribution in [1.29, 1.82) is 0 Å². The topological polar surface area (TPSA) is 32.3 Å². The van der Waals surface area contributed by atoms with Gasteiger partial charge in [-0.15, -0.1) is 0 Å². The first kappa shape index (κ1) is 18.2. The van der Waals surface area contributed by atoms with Gasteiger partial charge in [0.25, 0.3) is 5.91 Å². The van der Waals surface area contributed by atoms with Crippen LogP contribution < -0.4 is 5.32 Å². The second-order valence-electron chi connectivity index (χ2n) is 8.13. The molecule has 3 heteroatoms. The molecule has 1 aliphatic heterocycles. The third-order valence-electron chi connectivity index (χ3n) is 6.01. The van der Waals surface area contributed by atoms with E-state index in [1.54, 1.807) is 0 Å². The number of benzene rings is 2. The van der Waals surface area contributed by atoms with Crippen molar-refractivity contribution in [3.63, 3.8) is 0 Å². The van der Waals surface area contributed by atoms with E-state index in [-0.39, 0.29) is 5.91 Å². The molecule has 0 spiro atoms. The summed E-state index contributed by atoms with van der Waals surface area (Å²) in [6.45, 7) is 4.01. The molecule has 1 atom stereocenters. The number of hydrogen-bond donors (Lipinski definition) is 1. The average molecular weight is 363 g/mol. The molecule has 1 amide bonds. The molecule has 2 aliphatic rings. The Labute approximate surface area is 162 Å². The van der Waals surface area contributed by atoms with Gasteiger partial charge >= 0.3 is 0 Å². The van der Waals surface area contributed by atoms with Crippen molar-refractivity contribution in [1.82, 2.24) is 10.2 Å². The Kier molecular flexibility index (Phi) is 5.88. The molecule has 0 aromatic heterocycles. The van der Waals surface area contributed by atoms with E-state index < -0.39 is 0 Å². The van der Waals surface area contributed by atoms with Gasteiger partial charge in [-0.3, -0.25) is 9.69 Å². The third kappa shape index (κ3) is 4.78. The highest BCUT2D eigenvalue weighted by atomic mass is 16.1. The van der Waals surface area contributed by atoms with E-state index in [9.17, 15) is 4.79 Å². The van der Waals surface area contributed by atoms with Crippen molar-refractivity contribution < 1.29 is 4.79 Å². The molecule has 1 heterocycles. The summed E-state index contributed by atoms with van der Waals surface area (Å²) in [6.07, 6.45) is 7.23. The zero-order valence-electron chi connectivity index (χ0n) is 16.1. The Hall–Kier alpha value is -2.13. The minimum atomic E-state index is 0.0866. The van der Waals surface area contributed by atoms with Crippen LogP contribution in [0.15, 0.2) is 48.5 Å². The largest absolute Gasteiger partial charge is 0.352 e. The molecular weight excluding hydrogens is 332 g/mol. The Bertz CT molecular complexity index is 771. The minimum absolute atomic E-state index is 0.0866. The molecule has 1 unspecified atom stereocenters. The van der Waals surface area contributed by atoms with Crippen LogP contribution in [0.3, 0.4) is 0 Å². The van der Waals surface area contributed by atoms with Gasteiger partial charge in [0, 0.05) is 25.2 Å². The molecule has 27 heavy (non-hydrogen) atoms. The van der Waals surface area contributed by atoms with Crippen molar-refractivity contribution in [2.24, 2.45) is 5.92 Å². The van der Waals surface area contributed by atoms with Crippen molar-refractivity contribution in [3.05, 3.63) is 70.8 Å². The van der Waals surface area contributed by atoms with Crippen LogP contribution in [0, 0.1) is 5.92 Å². The predicted molar refractivity (Wildman–Crippen MR) is 110 cm³/mol. The average Bonchev–Trinajstić information content (AvgIpc) is 2.73. The van der Waals surface area contributed by atoms with E-state index >= 15 is 0 Å². The van der Waals surface area contributed by atoms with Crippen LogP contribution in [0.1, 0.15) is 52.7 Å². The maximum atomic E-state index is 12.6. The fraction of sp³-hybridized carbons (Fsp3) is 0.458. The summed E-state index contributed by atoms with van der Waals surface area (Å²) in [6, 6.07) is 17.0. The second-order valence-corrected chi connectivity index (χ2v) is 8.13. The monoisotopic (exact) mass is 362 g/mol. The Morgan fingerprint density at radius 2 is 1.81 bits per heavy atom. The molecule has 1 saturated heterocycles. The first-order valence-electron chi connectivity index (χ1n) is 10.4. The van der Waals surface area contributed by atoms with Crippen LogP contribution in [0.4, 0.5) is 0 Å². The molecule has 2 aromatic carbocycles. The summed E-state index contributed by atoms with van der Waals surface area (Å²) in [4.78, 5) is 15.1. The van der Waals surface area contributed by atoms with Crippen LogP contribution in [0.25, 0.3) is 0 Å². The van der Waals surface area contributed by atoms with E-state index in [1.165, 1.54) is 42.4 Å². The molecule has 1 aliphatic carbocycles. The van der Waals surface area contributed by atoms with E-state index in [4.69, 9.17) is 0 Å². The predicted octanol–water partition coefficient (Wildman–Crippen LogP) is 4.21. The number of aryl methyl sites for hydroxylation is 2. The number of likely N-dealkylation sites (tertiary alicyclic amines) is 1. The van der Waals surface area contributed by atoms with Crippen molar-refractivity contribution in [2.45, 2.75) is 45.1 Å². The Morgan fingerprint density at radius 1 is 1.00 bits per heavy atom. The Morgan fingerprint density at radius 3 is 2.67 bits per heavy atom. The molecule has 2 aromatic rings. The number of carbonyl (C=O) groups is 1. The summed E-state index contributed by atoms with van der Waals surface area (Å²) in [5.74, 6) is 0.632. The Balaban J connectivity index is 1.29. The third-order valence-corrected chi connectivity index (χ3v) is 6.01. The number of fused-ring (bicyclic) bond motifs is 1. The molecular formula is C24H30N2O. The van der Waals surface area contributed by atoms with Crippen LogP contribution in [-0.4, -0.2) is 30.4 Å². The molecule has 3 nitrogen and oxygen atoms in total. The maximum absolute atomic E-state index is 12.6. The smallest absolute Gasteiger partial charge is 0.251 e. The molecule has 0 radical (unpaired) electrons. The first-order chi connectivity index (χ1) is 13.3. The lowest BCUT2D eigenvalue weighted by Gasteiger charge is -2.32. The summed E-state index contributed by atoms with van der Waals surface area (Å²) >= 11 is 0. The number of piperidine rings is 1. The van der Waals surface area contributed by atoms with Gasteiger partial charge in [0.1, 0.15) is 0 Å². The van der Waals surface area contributed by atoms with E-state index in [2.05, 4.69) is 52.7 Å². The molecule has 1 fully saturated rings. The normalized spacial score (nSPS) is 20.1. The zero-order chi connectivity index (χ0) is 18.5. The fourth-order valence-electron chi connectivity index (χ4n) is 4.52. The van der Waals surface area contributed by atoms with Gasteiger partial charge in [-0.1, -0.05) is 36.4 Å². The zero-order valence-corrected chi connectivity index (χ0v) is 16.1. The lowest BCUT2D eigenvalue weighted by Crippen LogP contribution is -2.40. The van der Waals surface area contributed by atoms with Crippen LogP contribution in [0.2, 0.25) is 0 Å². The second kappa shape index (κ2) is 8.71.